The quantitative estimate of drug-likeness (QED) is 0.336. The monoisotopic (exact) mass is 474 g/mol. The molecule has 2 aromatic carbocycles. The van der Waals surface area contributed by atoms with Crippen molar-refractivity contribution in [3.63, 3.8) is 0 Å². The third-order valence-electron chi connectivity index (χ3n) is 5.39. The van der Waals surface area contributed by atoms with E-state index in [4.69, 9.17) is 0 Å². The van der Waals surface area contributed by atoms with Crippen LogP contribution in [0.25, 0.3) is 0 Å². The van der Waals surface area contributed by atoms with Gasteiger partial charge in [0.05, 0.1) is 13.0 Å². The molecule has 0 aliphatic rings. The van der Waals surface area contributed by atoms with Gasteiger partial charge in [-0.1, -0.05) is 72.3 Å². The molecule has 0 spiro atoms. The number of amides is 2. The van der Waals surface area contributed by atoms with Crippen molar-refractivity contribution >= 4 is 34.5 Å². The Morgan fingerprint density at radius 2 is 1.52 bits per heavy atom. The second kappa shape index (κ2) is 11.1. The zero-order chi connectivity index (χ0) is 23.0. The summed E-state index contributed by atoms with van der Waals surface area (Å²) in [6, 6.07) is 24.8. The Labute approximate surface area is 202 Å². The lowest BCUT2D eigenvalue weighted by Crippen LogP contribution is -2.43. The Balaban J connectivity index is 1.65. The van der Waals surface area contributed by atoms with Crippen LogP contribution in [0.5, 0.6) is 0 Å². The summed E-state index contributed by atoms with van der Waals surface area (Å²) < 4.78 is 0. The minimum Gasteiger partial charge on any atom is -0.350 e. The van der Waals surface area contributed by atoms with Gasteiger partial charge in [-0.15, -0.1) is 22.7 Å². The molecule has 2 amide bonds. The average Bonchev–Trinajstić information content (AvgIpc) is 3.53. The maximum Gasteiger partial charge on any atom is 0.247 e. The fraction of sp³-hybridized carbons (Fsp3) is 0.185. The normalized spacial score (nSPS) is 11.7. The molecule has 4 aromatic rings. The van der Waals surface area contributed by atoms with Gasteiger partial charge in [-0.05, 0) is 40.9 Å². The zero-order valence-corrected chi connectivity index (χ0v) is 20.1. The van der Waals surface area contributed by atoms with Gasteiger partial charge in [0.25, 0.3) is 0 Å². The summed E-state index contributed by atoms with van der Waals surface area (Å²) in [5.41, 5.74) is 2.93. The van der Waals surface area contributed by atoms with Crippen LogP contribution in [0.3, 0.4) is 0 Å². The van der Waals surface area contributed by atoms with Crippen LogP contribution in [0, 0.1) is 6.92 Å². The van der Waals surface area contributed by atoms with Crippen LogP contribution in [0.1, 0.15) is 32.5 Å². The van der Waals surface area contributed by atoms with Gasteiger partial charge in [0.15, 0.2) is 0 Å². The maximum atomic E-state index is 13.6. The van der Waals surface area contributed by atoms with Crippen molar-refractivity contribution in [1.29, 1.82) is 0 Å². The molecule has 168 valence electrons. The van der Waals surface area contributed by atoms with E-state index in [1.54, 1.807) is 27.6 Å². The molecule has 0 aliphatic heterocycles. The predicted octanol–water partition coefficient (Wildman–Crippen LogP) is 5.75. The largest absolute Gasteiger partial charge is 0.350 e. The highest BCUT2D eigenvalue weighted by Gasteiger charge is 2.31. The van der Waals surface area contributed by atoms with Crippen molar-refractivity contribution in [3.05, 3.63) is 116 Å². The van der Waals surface area contributed by atoms with E-state index in [-0.39, 0.29) is 18.2 Å². The standard InChI is InChI=1S/C27H26N2O2S2/c1-20-11-13-22(14-12-20)26(27(31)28-18-21-7-3-2-4-8-21)29(19-24-10-6-16-33-24)25(30)17-23-9-5-15-32-23/h2-16,26H,17-19H2,1H3,(H,28,31)/t26-/m1/s1. The van der Waals surface area contributed by atoms with Crippen molar-refractivity contribution in [2.45, 2.75) is 32.5 Å². The molecular weight excluding hydrogens is 448 g/mol. The van der Waals surface area contributed by atoms with Gasteiger partial charge in [-0.3, -0.25) is 9.59 Å². The zero-order valence-electron chi connectivity index (χ0n) is 18.4. The van der Waals surface area contributed by atoms with Gasteiger partial charge in [0, 0.05) is 16.3 Å². The highest BCUT2D eigenvalue weighted by molar-refractivity contribution is 7.10. The molecule has 0 radical (unpaired) electrons. The minimum atomic E-state index is -0.719. The first-order chi connectivity index (χ1) is 16.1. The van der Waals surface area contributed by atoms with E-state index < -0.39 is 6.04 Å². The summed E-state index contributed by atoms with van der Waals surface area (Å²) in [7, 11) is 0. The number of benzene rings is 2. The van der Waals surface area contributed by atoms with E-state index >= 15 is 0 Å². The van der Waals surface area contributed by atoms with E-state index in [2.05, 4.69) is 5.32 Å². The van der Waals surface area contributed by atoms with Gasteiger partial charge in [-0.2, -0.15) is 0 Å². The van der Waals surface area contributed by atoms with Crippen molar-refractivity contribution in [3.8, 4) is 0 Å². The highest BCUT2D eigenvalue weighted by atomic mass is 32.1. The summed E-state index contributed by atoms with van der Waals surface area (Å²) in [5.74, 6) is -0.245. The number of aryl methyl sites for hydroxylation is 1. The van der Waals surface area contributed by atoms with Crippen LogP contribution >= 0.6 is 22.7 Å². The minimum absolute atomic E-state index is 0.0636. The molecule has 33 heavy (non-hydrogen) atoms. The average molecular weight is 475 g/mol. The molecule has 2 aromatic heterocycles. The van der Waals surface area contributed by atoms with Crippen molar-refractivity contribution in [1.82, 2.24) is 10.2 Å². The Morgan fingerprint density at radius 1 is 0.848 bits per heavy atom. The van der Waals surface area contributed by atoms with Crippen LogP contribution in [-0.2, 0) is 29.1 Å². The smallest absolute Gasteiger partial charge is 0.247 e. The van der Waals surface area contributed by atoms with E-state index in [1.807, 2.05) is 96.5 Å². The number of thiophene rings is 2. The van der Waals surface area contributed by atoms with E-state index in [0.29, 0.717) is 13.1 Å². The Morgan fingerprint density at radius 3 is 2.15 bits per heavy atom. The molecule has 1 atom stereocenters. The number of nitrogens with one attached hydrogen (secondary N) is 1. The SMILES string of the molecule is Cc1ccc([C@H](C(=O)NCc2ccccc2)N(Cc2cccs2)C(=O)Cc2cccs2)cc1. The Hall–Kier alpha value is -3.22. The summed E-state index contributed by atoms with van der Waals surface area (Å²) in [6.45, 7) is 2.81. The molecule has 4 nitrogen and oxygen atoms in total. The Bertz CT molecular complexity index is 1150. The molecule has 0 aliphatic carbocycles. The predicted molar refractivity (Wildman–Crippen MR) is 135 cm³/mol. The lowest BCUT2D eigenvalue weighted by Gasteiger charge is -2.31. The number of nitrogens with zero attached hydrogens (tertiary/aromatic N) is 1. The molecule has 2 heterocycles. The topological polar surface area (TPSA) is 49.4 Å². The lowest BCUT2D eigenvalue weighted by molar-refractivity contribution is -0.141. The van der Waals surface area contributed by atoms with Crippen molar-refractivity contribution in [2.24, 2.45) is 0 Å². The summed E-state index contributed by atoms with van der Waals surface area (Å²) in [6.07, 6.45) is 0.275. The second-order valence-electron chi connectivity index (χ2n) is 7.87. The van der Waals surface area contributed by atoms with Gasteiger partial charge in [-0.25, -0.2) is 0 Å². The number of rotatable bonds is 9. The first-order valence-corrected chi connectivity index (χ1v) is 12.6. The summed E-state index contributed by atoms with van der Waals surface area (Å²) in [5, 5.41) is 7.02. The lowest BCUT2D eigenvalue weighted by atomic mass is 10.0. The van der Waals surface area contributed by atoms with Crippen LogP contribution in [0.4, 0.5) is 0 Å². The van der Waals surface area contributed by atoms with E-state index in [9.17, 15) is 9.59 Å². The number of hydrogen-bond donors (Lipinski definition) is 1. The molecule has 0 unspecified atom stereocenters. The van der Waals surface area contributed by atoms with Gasteiger partial charge >= 0.3 is 0 Å². The highest BCUT2D eigenvalue weighted by Crippen LogP contribution is 2.27. The third-order valence-corrected chi connectivity index (χ3v) is 7.13. The van der Waals surface area contributed by atoms with Gasteiger partial charge in [0.1, 0.15) is 6.04 Å². The van der Waals surface area contributed by atoms with Gasteiger partial charge in [0.2, 0.25) is 11.8 Å². The molecule has 0 saturated heterocycles. The maximum absolute atomic E-state index is 13.6. The summed E-state index contributed by atoms with van der Waals surface area (Å²) in [4.78, 5) is 30.9. The fourth-order valence-electron chi connectivity index (χ4n) is 3.66. The first-order valence-electron chi connectivity index (χ1n) is 10.8. The second-order valence-corrected chi connectivity index (χ2v) is 9.94. The molecule has 4 rings (SSSR count). The fourth-order valence-corrected chi connectivity index (χ4v) is 5.06. The van der Waals surface area contributed by atoms with E-state index in [1.165, 1.54) is 0 Å². The molecule has 6 heteroatoms. The number of hydrogen-bond acceptors (Lipinski definition) is 4. The molecule has 0 bridgehead atoms. The van der Waals surface area contributed by atoms with Crippen LogP contribution < -0.4 is 5.32 Å². The molecular formula is C27H26N2O2S2. The molecule has 0 fully saturated rings. The van der Waals surface area contributed by atoms with Crippen molar-refractivity contribution < 1.29 is 9.59 Å². The molecule has 0 saturated carbocycles. The summed E-state index contributed by atoms with van der Waals surface area (Å²) >= 11 is 3.15. The van der Waals surface area contributed by atoms with E-state index in [0.717, 1.165) is 26.4 Å². The van der Waals surface area contributed by atoms with Gasteiger partial charge < -0.3 is 10.2 Å². The van der Waals surface area contributed by atoms with Crippen LogP contribution in [0.2, 0.25) is 0 Å². The molecule has 1 N–H and O–H groups in total. The third kappa shape index (κ3) is 6.18. The van der Waals surface area contributed by atoms with Crippen LogP contribution in [-0.4, -0.2) is 16.7 Å². The first kappa shape index (κ1) is 23.0. The van der Waals surface area contributed by atoms with Crippen molar-refractivity contribution in [2.75, 3.05) is 0 Å². The van der Waals surface area contributed by atoms with Crippen LogP contribution in [0.15, 0.2) is 89.6 Å². The Kier molecular flexibility index (Phi) is 7.70. The number of carbonyl (C=O) groups excluding carboxylic acids is 2. The number of carbonyl (C=O) groups is 2.